The van der Waals surface area contributed by atoms with Crippen LogP contribution < -0.4 is 4.90 Å². The van der Waals surface area contributed by atoms with Gasteiger partial charge in [0, 0.05) is 33.2 Å². The van der Waals surface area contributed by atoms with Gasteiger partial charge in [-0.1, -0.05) is 6.92 Å². The third kappa shape index (κ3) is 4.88. The lowest BCUT2D eigenvalue weighted by Gasteiger charge is -2.21. The van der Waals surface area contributed by atoms with Gasteiger partial charge >= 0.3 is 0 Å². The first-order chi connectivity index (χ1) is 8.56. The molecule has 5 nitrogen and oxygen atoms in total. The van der Waals surface area contributed by atoms with E-state index < -0.39 is 6.10 Å². The Morgan fingerprint density at radius 1 is 1.50 bits per heavy atom. The van der Waals surface area contributed by atoms with E-state index in [0.717, 1.165) is 29.1 Å². The van der Waals surface area contributed by atoms with E-state index in [4.69, 9.17) is 4.74 Å². The van der Waals surface area contributed by atoms with E-state index in [9.17, 15) is 5.11 Å². The van der Waals surface area contributed by atoms with Crippen LogP contribution in [0.25, 0.3) is 0 Å². The predicted octanol–water partition coefficient (Wildman–Crippen LogP) is 1.64. The zero-order chi connectivity index (χ0) is 13.5. The van der Waals surface area contributed by atoms with Crippen molar-refractivity contribution in [3.8, 4) is 0 Å². The summed E-state index contributed by atoms with van der Waals surface area (Å²) in [7, 11) is 3.47. The molecule has 102 valence electrons. The van der Waals surface area contributed by atoms with E-state index in [0.29, 0.717) is 13.2 Å². The number of ether oxygens (including phenoxy) is 1. The molecule has 0 radical (unpaired) electrons. The molecule has 1 rings (SSSR count). The van der Waals surface area contributed by atoms with Crippen molar-refractivity contribution in [2.75, 3.05) is 32.2 Å². The molecule has 1 heterocycles. The number of likely N-dealkylation sites (N-methyl/N-ethyl adjacent to an activating group) is 1. The van der Waals surface area contributed by atoms with E-state index >= 15 is 0 Å². The number of rotatable bonds is 7. The Morgan fingerprint density at radius 2 is 2.22 bits per heavy atom. The quantitative estimate of drug-likeness (QED) is 0.775. The highest BCUT2D eigenvalue weighted by Crippen LogP contribution is 2.16. The van der Waals surface area contributed by atoms with Gasteiger partial charge in [-0.15, -0.1) is 0 Å². The number of hydrogen-bond acceptors (Lipinski definition) is 5. The molecule has 0 aromatic carbocycles. The first kappa shape index (κ1) is 15.3. The normalized spacial score (nSPS) is 12.5. The zero-order valence-corrected chi connectivity index (χ0v) is 12.6. The van der Waals surface area contributed by atoms with Crippen molar-refractivity contribution in [1.82, 2.24) is 9.97 Å². The number of hydrogen-bond donors (Lipinski definition) is 1. The van der Waals surface area contributed by atoms with Gasteiger partial charge in [-0.2, -0.15) is 0 Å². The van der Waals surface area contributed by atoms with Gasteiger partial charge in [0.25, 0.3) is 0 Å². The maximum absolute atomic E-state index is 9.70. The Morgan fingerprint density at radius 3 is 2.83 bits per heavy atom. The second-order valence-corrected chi connectivity index (χ2v) is 5.02. The van der Waals surface area contributed by atoms with Gasteiger partial charge in [-0.25, -0.2) is 9.97 Å². The second kappa shape index (κ2) is 7.66. The Kier molecular flexibility index (Phi) is 6.52. The lowest BCUT2D eigenvalue weighted by Crippen LogP contribution is -2.32. The summed E-state index contributed by atoms with van der Waals surface area (Å²) in [6.07, 6.45) is 1.33. The SMILES string of the molecule is CCCc1nc(Br)cc(N(C)CC(O)COC)n1. The van der Waals surface area contributed by atoms with Crippen LogP contribution in [-0.4, -0.2) is 48.5 Å². The van der Waals surface area contributed by atoms with Crippen molar-refractivity contribution in [1.29, 1.82) is 0 Å². The van der Waals surface area contributed by atoms with Gasteiger partial charge in [0.05, 0.1) is 12.7 Å². The smallest absolute Gasteiger partial charge is 0.133 e. The topological polar surface area (TPSA) is 58.5 Å². The van der Waals surface area contributed by atoms with Crippen molar-refractivity contribution in [3.05, 3.63) is 16.5 Å². The summed E-state index contributed by atoms with van der Waals surface area (Å²) in [5.74, 6) is 1.62. The van der Waals surface area contributed by atoms with Gasteiger partial charge in [0.15, 0.2) is 0 Å². The maximum atomic E-state index is 9.70. The third-order valence-electron chi connectivity index (χ3n) is 2.44. The number of aliphatic hydroxyl groups is 1. The molecule has 1 aromatic rings. The number of aliphatic hydroxyl groups excluding tert-OH is 1. The molecule has 0 saturated heterocycles. The molecule has 0 aliphatic heterocycles. The summed E-state index contributed by atoms with van der Waals surface area (Å²) in [4.78, 5) is 10.7. The van der Waals surface area contributed by atoms with Crippen LogP contribution in [0.4, 0.5) is 5.82 Å². The highest BCUT2D eigenvalue weighted by molar-refractivity contribution is 9.10. The average Bonchev–Trinajstić information content (AvgIpc) is 2.28. The fourth-order valence-corrected chi connectivity index (χ4v) is 2.05. The van der Waals surface area contributed by atoms with Crippen LogP contribution in [0.5, 0.6) is 0 Å². The standard InChI is InChI=1S/C12H20BrN3O2/c1-4-5-11-14-10(13)6-12(15-11)16(2)7-9(17)8-18-3/h6,9,17H,4-5,7-8H2,1-3H3. The maximum Gasteiger partial charge on any atom is 0.133 e. The summed E-state index contributed by atoms with van der Waals surface area (Å²) in [6.45, 7) is 2.89. The first-order valence-corrected chi connectivity index (χ1v) is 6.77. The van der Waals surface area contributed by atoms with E-state index in [2.05, 4.69) is 32.8 Å². The molecule has 0 spiro atoms. The molecule has 1 N–H and O–H groups in total. The molecule has 0 amide bonds. The molecule has 6 heteroatoms. The molecule has 18 heavy (non-hydrogen) atoms. The highest BCUT2D eigenvalue weighted by Gasteiger charge is 2.11. The molecular weight excluding hydrogens is 298 g/mol. The van der Waals surface area contributed by atoms with Crippen LogP contribution in [0, 0.1) is 0 Å². The van der Waals surface area contributed by atoms with Crippen molar-refractivity contribution in [2.24, 2.45) is 0 Å². The average molecular weight is 318 g/mol. The van der Waals surface area contributed by atoms with E-state index in [1.165, 1.54) is 0 Å². The Hall–Kier alpha value is -0.720. The molecule has 1 atom stereocenters. The lowest BCUT2D eigenvalue weighted by molar-refractivity contribution is 0.0694. The van der Waals surface area contributed by atoms with Crippen molar-refractivity contribution < 1.29 is 9.84 Å². The number of methoxy groups -OCH3 is 1. The molecule has 1 unspecified atom stereocenters. The summed E-state index contributed by atoms with van der Waals surface area (Å²) in [5.41, 5.74) is 0. The Bertz CT molecular complexity index is 376. The number of aromatic nitrogens is 2. The van der Waals surface area contributed by atoms with E-state index in [1.807, 2.05) is 18.0 Å². The predicted molar refractivity (Wildman–Crippen MR) is 74.9 cm³/mol. The van der Waals surface area contributed by atoms with Gasteiger partial charge in [0.1, 0.15) is 16.2 Å². The molecule has 0 aliphatic rings. The van der Waals surface area contributed by atoms with Crippen molar-refractivity contribution in [2.45, 2.75) is 25.9 Å². The fourth-order valence-electron chi connectivity index (χ4n) is 1.64. The van der Waals surface area contributed by atoms with Crippen molar-refractivity contribution in [3.63, 3.8) is 0 Å². The lowest BCUT2D eigenvalue weighted by atomic mass is 10.3. The van der Waals surface area contributed by atoms with Crippen LogP contribution in [0.15, 0.2) is 10.7 Å². The first-order valence-electron chi connectivity index (χ1n) is 5.98. The highest BCUT2D eigenvalue weighted by atomic mass is 79.9. The van der Waals surface area contributed by atoms with Gasteiger partial charge in [0.2, 0.25) is 0 Å². The van der Waals surface area contributed by atoms with Gasteiger partial charge in [-0.05, 0) is 22.4 Å². The zero-order valence-electron chi connectivity index (χ0n) is 11.1. The van der Waals surface area contributed by atoms with Crippen LogP contribution in [-0.2, 0) is 11.2 Å². The molecular formula is C12H20BrN3O2. The van der Waals surface area contributed by atoms with E-state index in [-0.39, 0.29) is 0 Å². The Labute approximate surface area is 116 Å². The minimum atomic E-state index is -0.525. The van der Waals surface area contributed by atoms with Crippen LogP contribution >= 0.6 is 15.9 Å². The molecule has 1 aromatic heterocycles. The van der Waals surface area contributed by atoms with Crippen LogP contribution in [0.1, 0.15) is 19.2 Å². The molecule has 0 fully saturated rings. The number of nitrogens with zero attached hydrogens (tertiary/aromatic N) is 3. The summed E-state index contributed by atoms with van der Waals surface area (Å²) in [5, 5.41) is 9.70. The number of anilines is 1. The summed E-state index contributed by atoms with van der Waals surface area (Å²) >= 11 is 3.38. The Balaban J connectivity index is 2.74. The minimum Gasteiger partial charge on any atom is -0.389 e. The van der Waals surface area contributed by atoms with Crippen molar-refractivity contribution >= 4 is 21.7 Å². The number of halogens is 1. The summed E-state index contributed by atoms with van der Waals surface area (Å²) in [6, 6.07) is 1.85. The van der Waals surface area contributed by atoms with Crippen LogP contribution in [0.2, 0.25) is 0 Å². The van der Waals surface area contributed by atoms with Crippen LogP contribution in [0.3, 0.4) is 0 Å². The van der Waals surface area contributed by atoms with Gasteiger partial charge in [-0.3, -0.25) is 0 Å². The molecule has 0 saturated carbocycles. The summed E-state index contributed by atoms with van der Waals surface area (Å²) < 4.78 is 5.68. The number of aryl methyl sites for hydroxylation is 1. The monoisotopic (exact) mass is 317 g/mol. The second-order valence-electron chi connectivity index (χ2n) is 4.20. The largest absolute Gasteiger partial charge is 0.389 e. The van der Waals surface area contributed by atoms with E-state index in [1.54, 1.807) is 7.11 Å². The molecule has 0 aliphatic carbocycles. The fraction of sp³-hybridized carbons (Fsp3) is 0.667. The van der Waals surface area contributed by atoms with Gasteiger partial charge < -0.3 is 14.7 Å². The minimum absolute atomic E-state index is 0.318. The molecule has 0 bridgehead atoms. The third-order valence-corrected chi connectivity index (χ3v) is 2.84.